The van der Waals surface area contributed by atoms with E-state index in [1.165, 1.54) is 23.1 Å². The van der Waals surface area contributed by atoms with Crippen LogP contribution < -0.4 is 4.90 Å². The first kappa shape index (κ1) is 15.2. The molecule has 114 valence electrons. The van der Waals surface area contributed by atoms with Gasteiger partial charge in [-0.3, -0.25) is 4.90 Å². The Bertz CT molecular complexity index is 552. The third kappa shape index (κ3) is 3.13. The normalized spacial score (nSPS) is 21.4. The lowest BCUT2D eigenvalue weighted by molar-refractivity contribution is -0.141. The molecule has 0 aliphatic carbocycles. The topological polar surface area (TPSA) is 81.1 Å². The Hall–Kier alpha value is -2.15. The van der Waals surface area contributed by atoms with Gasteiger partial charge in [0.15, 0.2) is 0 Å². The molecule has 0 radical (unpaired) electrons. The number of carbonyl (C=O) groups is 2. The summed E-state index contributed by atoms with van der Waals surface area (Å²) in [6, 6.07) is 3.92. The second-order valence-electron chi connectivity index (χ2n) is 4.90. The molecule has 1 aromatic rings. The molecule has 2 amide bonds. The highest BCUT2D eigenvalue weighted by Gasteiger charge is 2.40. The van der Waals surface area contributed by atoms with Crippen LogP contribution in [0, 0.1) is 5.82 Å². The van der Waals surface area contributed by atoms with E-state index in [0.717, 1.165) is 4.90 Å². The number of aliphatic carboxylic acids is 1. The van der Waals surface area contributed by atoms with Crippen molar-refractivity contribution in [1.29, 1.82) is 0 Å². The molecule has 1 fully saturated rings. The smallest absolute Gasteiger partial charge is 0.326 e. The number of carboxylic acids is 1. The number of nitrogens with zero attached hydrogens (tertiary/aromatic N) is 2. The Morgan fingerprint density at radius 2 is 2.19 bits per heavy atom. The lowest BCUT2D eigenvalue weighted by Gasteiger charge is -2.29. The molecule has 1 saturated heterocycles. The number of benzene rings is 1. The van der Waals surface area contributed by atoms with E-state index in [0.29, 0.717) is 5.69 Å². The molecule has 1 aliphatic heterocycles. The van der Waals surface area contributed by atoms with Gasteiger partial charge in [0.05, 0.1) is 6.10 Å². The molecule has 0 aromatic heterocycles. The number of likely N-dealkylation sites (tertiary alicyclic amines) is 1. The van der Waals surface area contributed by atoms with E-state index in [4.69, 9.17) is 5.11 Å². The van der Waals surface area contributed by atoms with Crippen LogP contribution >= 0.6 is 0 Å². The minimum Gasteiger partial charge on any atom is -0.480 e. The van der Waals surface area contributed by atoms with Crippen LogP contribution in [0.1, 0.15) is 13.3 Å². The molecular weight excluding hydrogens is 279 g/mol. The predicted molar refractivity (Wildman–Crippen MR) is 73.6 cm³/mol. The van der Waals surface area contributed by atoms with Crippen LogP contribution in [0.2, 0.25) is 0 Å². The zero-order valence-electron chi connectivity index (χ0n) is 11.6. The third-order valence-corrected chi connectivity index (χ3v) is 3.48. The van der Waals surface area contributed by atoms with E-state index in [2.05, 4.69) is 0 Å². The van der Waals surface area contributed by atoms with Gasteiger partial charge in [0, 0.05) is 25.2 Å². The Kier molecular flexibility index (Phi) is 4.42. The number of hydrogen-bond acceptors (Lipinski definition) is 3. The van der Waals surface area contributed by atoms with Gasteiger partial charge in [-0.25, -0.2) is 14.0 Å². The van der Waals surface area contributed by atoms with E-state index in [1.54, 1.807) is 13.0 Å². The lowest BCUT2D eigenvalue weighted by atomic mass is 10.2. The average Bonchev–Trinajstić information content (AvgIpc) is 2.82. The standard InChI is InChI=1S/C14H17FN2O4/c1-2-16(10-5-3-4-9(15)6-10)14(21)17-8-11(18)7-12(17)13(19)20/h3-6,11-12,18H,2,7-8H2,1H3,(H,19,20)/t11-,12+/m1/s1. The van der Waals surface area contributed by atoms with E-state index in [1.807, 2.05) is 0 Å². The summed E-state index contributed by atoms with van der Waals surface area (Å²) >= 11 is 0. The first-order valence-corrected chi connectivity index (χ1v) is 6.68. The predicted octanol–water partition coefficient (Wildman–Crippen LogP) is 1.29. The number of aliphatic hydroxyl groups is 1. The summed E-state index contributed by atoms with van der Waals surface area (Å²) in [5, 5.41) is 18.7. The van der Waals surface area contributed by atoms with Crippen LogP contribution in [0.25, 0.3) is 0 Å². The highest BCUT2D eigenvalue weighted by atomic mass is 19.1. The van der Waals surface area contributed by atoms with Crippen molar-refractivity contribution in [3.63, 3.8) is 0 Å². The molecule has 1 aromatic carbocycles. The van der Waals surface area contributed by atoms with Crippen molar-refractivity contribution in [3.05, 3.63) is 30.1 Å². The first-order valence-electron chi connectivity index (χ1n) is 6.68. The number of hydrogen-bond donors (Lipinski definition) is 2. The quantitative estimate of drug-likeness (QED) is 0.880. The molecule has 6 nitrogen and oxygen atoms in total. The summed E-state index contributed by atoms with van der Waals surface area (Å²) in [6.45, 7) is 1.94. The van der Waals surface area contributed by atoms with Crippen molar-refractivity contribution in [2.45, 2.75) is 25.5 Å². The molecule has 7 heteroatoms. The van der Waals surface area contributed by atoms with E-state index < -0.39 is 30.0 Å². The van der Waals surface area contributed by atoms with Crippen LogP contribution in [0.3, 0.4) is 0 Å². The minimum atomic E-state index is -1.16. The Morgan fingerprint density at radius 3 is 2.76 bits per heavy atom. The molecule has 1 aliphatic rings. The summed E-state index contributed by atoms with van der Waals surface area (Å²) in [5.41, 5.74) is 0.355. The maximum absolute atomic E-state index is 13.3. The zero-order valence-corrected chi connectivity index (χ0v) is 11.6. The average molecular weight is 296 g/mol. The first-order chi connectivity index (χ1) is 9.93. The molecule has 1 heterocycles. The number of amides is 2. The van der Waals surface area contributed by atoms with Gasteiger partial charge >= 0.3 is 12.0 Å². The number of rotatable bonds is 3. The fraction of sp³-hybridized carbons (Fsp3) is 0.429. The minimum absolute atomic E-state index is 0.00176. The Morgan fingerprint density at radius 1 is 1.48 bits per heavy atom. The molecule has 2 rings (SSSR count). The van der Waals surface area contributed by atoms with Crippen molar-refractivity contribution >= 4 is 17.7 Å². The van der Waals surface area contributed by atoms with Crippen molar-refractivity contribution in [2.24, 2.45) is 0 Å². The van der Waals surface area contributed by atoms with Crippen LogP contribution in [0.5, 0.6) is 0 Å². The highest BCUT2D eigenvalue weighted by molar-refractivity contribution is 5.94. The SMILES string of the molecule is CCN(C(=O)N1C[C@H](O)C[C@H]1C(=O)O)c1cccc(F)c1. The summed E-state index contributed by atoms with van der Waals surface area (Å²) in [4.78, 5) is 26.1. The van der Waals surface area contributed by atoms with Gasteiger partial charge < -0.3 is 15.1 Å². The number of carbonyl (C=O) groups excluding carboxylic acids is 1. The summed E-state index contributed by atoms with van der Waals surface area (Å²) in [7, 11) is 0. The number of anilines is 1. The number of aliphatic hydroxyl groups excluding tert-OH is 1. The molecule has 0 spiro atoms. The lowest BCUT2D eigenvalue weighted by Crippen LogP contribution is -2.48. The van der Waals surface area contributed by atoms with Gasteiger partial charge in [-0.15, -0.1) is 0 Å². The van der Waals surface area contributed by atoms with Gasteiger partial charge in [-0.05, 0) is 25.1 Å². The molecule has 2 N–H and O–H groups in total. The van der Waals surface area contributed by atoms with Crippen LogP contribution in [-0.2, 0) is 4.79 Å². The molecule has 21 heavy (non-hydrogen) atoms. The van der Waals surface area contributed by atoms with E-state index >= 15 is 0 Å². The van der Waals surface area contributed by atoms with Crippen LogP contribution in [-0.4, -0.2) is 52.3 Å². The fourth-order valence-corrected chi connectivity index (χ4v) is 2.49. The van der Waals surface area contributed by atoms with Crippen molar-refractivity contribution in [2.75, 3.05) is 18.0 Å². The monoisotopic (exact) mass is 296 g/mol. The summed E-state index contributed by atoms with van der Waals surface area (Å²) in [6.07, 6.45) is -0.858. The summed E-state index contributed by atoms with van der Waals surface area (Å²) in [5.74, 6) is -1.63. The van der Waals surface area contributed by atoms with E-state index in [-0.39, 0.29) is 19.5 Å². The maximum atomic E-state index is 13.3. The van der Waals surface area contributed by atoms with Crippen LogP contribution in [0.4, 0.5) is 14.9 Å². The van der Waals surface area contributed by atoms with Gasteiger partial charge in [0.25, 0.3) is 0 Å². The van der Waals surface area contributed by atoms with Gasteiger partial charge in [-0.2, -0.15) is 0 Å². The highest BCUT2D eigenvalue weighted by Crippen LogP contribution is 2.23. The molecule has 0 bridgehead atoms. The van der Waals surface area contributed by atoms with Gasteiger partial charge in [0.2, 0.25) is 0 Å². The van der Waals surface area contributed by atoms with Crippen molar-refractivity contribution < 1.29 is 24.2 Å². The zero-order chi connectivity index (χ0) is 15.6. The number of halogens is 1. The van der Waals surface area contributed by atoms with Crippen molar-refractivity contribution in [3.8, 4) is 0 Å². The van der Waals surface area contributed by atoms with E-state index in [9.17, 15) is 19.1 Å². The number of urea groups is 1. The van der Waals surface area contributed by atoms with Crippen LogP contribution in [0.15, 0.2) is 24.3 Å². The molecule has 2 atom stereocenters. The third-order valence-electron chi connectivity index (χ3n) is 3.48. The summed E-state index contributed by atoms with van der Waals surface area (Å²) < 4.78 is 13.3. The number of β-amino-alcohol motifs (C(OH)–C–C–N with tert-alkyl or cyclic N) is 1. The Labute approximate surface area is 121 Å². The second-order valence-corrected chi connectivity index (χ2v) is 4.90. The van der Waals surface area contributed by atoms with Gasteiger partial charge in [-0.1, -0.05) is 6.07 Å². The molecule has 0 unspecified atom stereocenters. The largest absolute Gasteiger partial charge is 0.480 e. The second kappa shape index (κ2) is 6.09. The molecular formula is C14H17FN2O4. The van der Waals surface area contributed by atoms with Gasteiger partial charge in [0.1, 0.15) is 11.9 Å². The fourth-order valence-electron chi connectivity index (χ4n) is 2.49. The Balaban J connectivity index is 2.26. The molecule has 0 saturated carbocycles. The number of carboxylic acid groups (broad SMARTS) is 1. The van der Waals surface area contributed by atoms with Crippen molar-refractivity contribution in [1.82, 2.24) is 4.90 Å². The maximum Gasteiger partial charge on any atom is 0.326 e.